The van der Waals surface area contributed by atoms with Crippen molar-refractivity contribution in [3.8, 4) is 0 Å². The first-order chi connectivity index (χ1) is 14.6. The summed E-state index contributed by atoms with van der Waals surface area (Å²) in [6.45, 7) is 2.79. The number of anilines is 1. The predicted octanol–water partition coefficient (Wildman–Crippen LogP) is 1.98. The largest absolute Gasteiger partial charge is 0.352 e. The molecule has 1 aliphatic heterocycles. The number of amides is 3. The summed E-state index contributed by atoms with van der Waals surface area (Å²) in [6.07, 6.45) is 2.16. The van der Waals surface area contributed by atoms with Gasteiger partial charge in [-0.1, -0.05) is 30.3 Å². The minimum absolute atomic E-state index is 0.0613. The Kier molecular flexibility index (Phi) is 6.09. The van der Waals surface area contributed by atoms with E-state index in [9.17, 15) is 14.4 Å². The van der Waals surface area contributed by atoms with E-state index in [0.717, 1.165) is 12.8 Å². The lowest BCUT2D eigenvalue weighted by Crippen LogP contribution is -2.51. The standard InChI is InChI=1S/C23H26N4O3/c28-21(24-18-10-11-18)16-26-12-14-27(15-13-26)23(30)19-8-4-5-9-20(19)25-22(29)17-6-2-1-3-7-17/h1-9,18H,10-16H2,(H,24,28)(H,25,29). The summed E-state index contributed by atoms with van der Waals surface area (Å²) in [6, 6.07) is 16.4. The maximum atomic E-state index is 13.1. The minimum Gasteiger partial charge on any atom is -0.352 e. The van der Waals surface area contributed by atoms with Crippen LogP contribution in [-0.2, 0) is 4.79 Å². The highest BCUT2D eigenvalue weighted by molar-refractivity contribution is 6.09. The number of rotatable bonds is 6. The van der Waals surface area contributed by atoms with Crippen LogP contribution in [0.2, 0.25) is 0 Å². The molecule has 2 N–H and O–H groups in total. The van der Waals surface area contributed by atoms with Crippen LogP contribution in [0.25, 0.3) is 0 Å². The van der Waals surface area contributed by atoms with Gasteiger partial charge in [0.2, 0.25) is 5.91 Å². The second-order valence-corrected chi connectivity index (χ2v) is 7.78. The molecular weight excluding hydrogens is 380 g/mol. The van der Waals surface area contributed by atoms with Crippen molar-refractivity contribution in [3.05, 3.63) is 65.7 Å². The average molecular weight is 406 g/mol. The Balaban J connectivity index is 1.36. The molecule has 2 aliphatic rings. The summed E-state index contributed by atoms with van der Waals surface area (Å²) in [5.41, 5.74) is 1.52. The molecule has 156 valence electrons. The van der Waals surface area contributed by atoms with E-state index in [-0.39, 0.29) is 17.7 Å². The van der Waals surface area contributed by atoms with Gasteiger partial charge in [0, 0.05) is 37.8 Å². The number of nitrogens with zero attached hydrogens (tertiary/aromatic N) is 2. The molecule has 1 saturated heterocycles. The van der Waals surface area contributed by atoms with Gasteiger partial charge < -0.3 is 15.5 Å². The molecule has 7 nitrogen and oxygen atoms in total. The smallest absolute Gasteiger partial charge is 0.256 e. The van der Waals surface area contributed by atoms with Crippen LogP contribution in [0, 0.1) is 0 Å². The maximum Gasteiger partial charge on any atom is 0.256 e. The van der Waals surface area contributed by atoms with Crippen LogP contribution in [0.5, 0.6) is 0 Å². The van der Waals surface area contributed by atoms with Crippen LogP contribution in [0.3, 0.4) is 0 Å². The lowest BCUT2D eigenvalue weighted by atomic mass is 10.1. The second kappa shape index (κ2) is 9.09. The third-order valence-corrected chi connectivity index (χ3v) is 5.41. The number of nitrogens with one attached hydrogen (secondary N) is 2. The molecule has 1 heterocycles. The number of hydrogen-bond acceptors (Lipinski definition) is 4. The third-order valence-electron chi connectivity index (χ3n) is 5.41. The molecule has 2 aromatic rings. The lowest BCUT2D eigenvalue weighted by molar-refractivity contribution is -0.122. The van der Waals surface area contributed by atoms with Crippen molar-refractivity contribution in [1.29, 1.82) is 0 Å². The van der Waals surface area contributed by atoms with Gasteiger partial charge in [-0.3, -0.25) is 19.3 Å². The predicted molar refractivity (Wildman–Crippen MR) is 114 cm³/mol. The van der Waals surface area contributed by atoms with E-state index < -0.39 is 0 Å². The van der Waals surface area contributed by atoms with E-state index in [1.807, 2.05) is 6.07 Å². The van der Waals surface area contributed by atoms with Crippen molar-refractivity contribution in [2.45, 2.75) is 18.9 Å². The van der Waals surface area contributed by atoms with Crippen LogP contribution in [0.1, 0.15) is 33.6 Å². The normalized spacial score (nSPS) is 16.7. The van der Waals surface area contributed by atoms with Crippen molar-refractivity contribution in [2.75, 3.05) is 38.0 Å². The summed E-state index contributed by atoms with van der Waals surface area (Å²) in [4.78, 5) is 41.5. The van der Waals surface area contributed by atoms with Crippen LogP contribution >= 0.6 is 0 Å². The Hall–Kier alpha value is -3.19. The summed E-state index contributed by atoms with van der Waals surface area (Å²) in [5.74, 6) is -0.297. The van der Waals surface area contributed by atoms with Gasteiger partial charge in [0.1, 0.15) is 0 Å². The van der Waals surface area contributed by atoms with E-state index in [1.54, 1.807) is 53.4 Å². The molecule has 7 heteroatoms. The highest BCUT2D eigenvalue weighted by atomic mass is 16.2. The molecule has 3 amide bonds. The summed E-state index contributed by atoms with van der Waals surface area (Å²) < 4.78 is 0. The zero-order chi connectivity index (χ0) is 20.9. The molecule has 0 unspecified atom stereocenters. The Labute approximate surface area is 176 Å². The van der Waals surface area contributed by atoms with Crippen molar-refractivity contribution >= 4 is 23.4 Å². The summed E-state index contributed by atoms with van der Waals surface area (Å²) in [5, 5.41) is 5.85. The van der Waals surface area contributed by atoms with Gasteiger partial charge in [0.25, 0.3) is 11.8 Å². The first kappa shape index (κ1) is 20.1. The molecule has 0 spiro atoms. The number of piperazine rings is 1. The molecule has 2 aromatic carbocycles. The van der Waals surface area contributed by atoms with Gasteiger partial charge in [-0.2, -0.15) is 0 Å². The first-order valence-electron chi connectivity index (χ1n) is 10.4. The molecule has 1 saturated carbocycles. The van der Waals surface area contributed by atoms with Crippen LogP contribution in [-0.4, -0.2) is 66.3 Å². The highest BCUT2D eigenvalue weighted by Gasteiger charge is 2.27. The lowest BCUT2D eigenvalue weighted by Gasteiger charge is -2.34. The maximum absolute atomic E-state index is 13.1. The van der Waals surface area contributed by atoms with E-state index in [0.29, 0.717) is 55.6 Å². The fourth-order valence-corrected chi connectivity index (χ4v) is 3.55. The minimum atomic E-state index is -0.248. The SMILES string of the molecule is O=C(CN1CCN(C(=O)c2ccccc2NC(=O)c2ccccc2)CC1)NC1CC1. The van der Waals surface area contributed by atoms with Gasteiger partial charge in [0.05, 0.1) is 17.8 Å². The van der Waals surface area contributed by atoms with E-state index >= 15 is 0 Å². The first-order valence-corrected chi connectivity index (χ1v) is 10.4. The molecule has 0 aromatic heterocycles. The van der Waals surface area contributed by atoms with E-state index in [2.05, 4.69) is 15.5 Å². The van der Waals surface area contributed by atoms with Gasteiger partial charge >= 0.3 is 0 Å². The molecular formula is C23H26N4O3. The van der Waals surface area contributed by atoms with Gasteiger partial charge in [-0.05, 0) is 37.1 Å². The zero-order valence-corrected chi connectivity index (χ0v) is 16.8. The number of hydrogen-bond donors (Lipinski definition) is 2. The van der Waals surface area contributed by atoms with Crippen molar-refractivity contribution in [2.24, 2.45) is 0 Å². The van der Waals surface area contributed by atoms with Gasteiger partial charge in [-0.25, -0.2) is 0 Å². The van der Waals surface area contributed by atoms with Crippen molar-refractivity contribution in [3.63, 3.8) is 0 Å². The summed E-state index contributed by atoms with van der Waals surface area (Å²) in [7, 11) is 0. The Morgan fingerprint density at radius 1 is 0.867 bits per heavy atom. The number of carbonyl (C=O) groups is 3. The quantitative estimate of drug-likeness (QED) is 0.769. The van der Waals surface area contributed by atoms with E-state index in [4.69, 9.17) is 0 Å². The molecule has 2 fully saturated rings. The molecule has 4 rings (SSSR count). The van der Waals surface area contributed by atoms with Crippen molar-refractivity contribution < 1.29 is 14.4 Å². The summed E-state index contributed by atoms with van der Waals surface area (Å²) >= 11 is 0. The molecule has 0 bridgehead atoms. The molecule has 1 aliphatic carbocycles. The Morgan fingerprint density at radius 2 is 1.53 bits per heavy atom. The zero-order valence-electron chi connectivity index (χ0n) is 16.8. The monoisotopic (exact) mass is 406 g/mol. The van der Waals surface area contributed by atoms with Gasteiger partial charge in [0.15, 0.2) is 0 Å². The van der Waals surface area contributed by atoms with Crippen LogP contribution in [0.15, 0.2) is 54.6 Å². The van der Waals surface area contributed by atoms with Crippen LogP contribution in [0.4, 0.5) is 5.69 Å². The Morgan fingerprint density at radius 3 is 2.23 bits per heavy atom. The molecule has 0 radical (unpaired) electrons. The number of carbonyl (C=O) groups excluding carboxylic acids is 3. The van der Waals surface area contributed by atoms with Crippen molar-refractivity contribution in [1.82, 2.24) is 15.1 Å². The van der Waals surface area contributed by atoms with Crippen LogP contribution < -0.4 is 10.6 Å². The number of benzene rings is 2. The Bertz CT molecular complexity index is 919. The fourth-order valence-electron chi connectivity index (χ4n) is 3.55. The van der Waals surface area contributed by atoms with E-state index in [1.165, 1.54) is 0 Å². The molecule has 30 heavy (non-hydrogen) atoms. The van der Waals surface area contributed by atoms with Gasteiger partial charge in [-0.15, -0.1) is 0 Å². The topological polar surface area (TPSA) is 81.8 Å². The number of para-hydroxylation sites is 1. The highest BCUT2D eigenvalue weighted by Crippen LogP contribution is 2.20. The third kappa shape index (κ3) is 5.04. The molecule has 0 atom stereocenters. The fraction of sp³-hybridized carbons (Fsp3) is 0.348. The second-order valence-electron chi connectivity index (χ2n) is 7.78. The average Bonchev–Trinajstić information content (AvgIpc) is 3.58.